The molecule has 2 aromatic rings. The fourth-order valence-electron chi connectivity index (χ4n) is 1.93. The summed E-state index contributed by atoms with van der Waals surface area (Å²) in [5.74, 6) is -0.949. The number of carbonyl (C=O) groups excluding carboxylic acids is 2. The number of rotatable bonds is 2. The van der Waals surface area contributed by atoms with Crippen LogP contribution in [0.1, 0.15) is 15.4 Å². The second-order valence-electron chi connectivity index (χ2n) is 3.78. The molecule has 6 heteroatoms. The van der Waals surface area contributed by atoms with Crippen LogP contribution >= 0.6 is 27.3 Å². The number of Topliss-reactive ketones (excluding diaryl/α,β-unsaturated/α-hetero) is 1. The quantitative estimate of drug-likeness (QED) is 0.799. The summed E-state index contributed by atoms with van der Waals surface area (Å²) in [5, 5.41) is 2.65. The molecule has 0 atom stereocenters. The number of benzene rings is 1. The van der Waals surface area contributed by atoms with Crippen LogP contribution in [-0.2, 0) is 11.3 Å². The summed E-state index contributed by atoms with van der Waals surface area (Å²) in [4.78, 5) is 29.4. The zero-order valence-electron chi connectivity index (χ0n) is 9.09. The highest BCUT2D eigenvalue weighted by molar-refractivity contribution is 9.10. The molecule has 0 saturated carbocycles. The Morgan fingerprint density at radius 2 is 2.17 bits per heavy atom. The third kappa shape index (κ3) is 1.69. The van der Waals surface area contributed by atoms with Crippen LogP contribution in [0.4, 0.5) is 5.69 Å². The summed E-state index contributed by atoms with van der Waals surface area (Å²) in [6, 6.07) is 5.24. The number of ketones is 1. The van der Waals surface area contributed by atoms with Crippen LogP contribution in [0.3, 0.4) is 0 Å². The summed E-state index contributed by atoms with van der Waals surface area (Å²) in [7, 11) is 0. The first-order chi connectivity index (χ1) is 8.68. The van der Waals surface area contributed by atoms with Gasteiger partial charge in [0.2, 0.25) is 0 Å². The Morgan fingerprint density at radius 1 is 1.33 bits per heavy atom. The maximum atomic E-state index is 12.0. The fraction of sp³-hybridized carbons (Fsp3) is 0.0833. The van der Waals surface area contributed by atoms with Crippen molar-refractivity contribution < 1.29 is 9.59 Å². The van der Waals surface area contributed by atoms with Crippen LogP contribution in [-0.4, -0.2) is 16.7 Å². The lowest BCUT2D eigenvalue weighted by Gasteiger charge is -2.15. The van der Waals surface area contributed by atoms with E-state index in [0.717, 1.165) is 9.48 Å². The van der Waals surface area contributed by atoms with Crippen LogP contribution in [0.2, 0.25) is 0 Å². The molecular weight excluding hydrogens is 316 g/mol. The number of aromatic nitrogens is 1. The molecule has 1 aromatic heterocycles. The Balaban J connectivity index is 2.07. The molecule has 0 aliphatic carbocycles. The average molecular weight is 323 g/mol. The highest BCUT2D eigenvalue weighted by Crippen LogP contribution is 2.36. The van der Waals surface area contributed by atoms with Crippen molar-refractivity contribution in [3.05, 3.63) is 44.8 Å². The molecule has 18 heavy (non-hydrogen) atoms. The van der Waals surface area contributed by atoms with Crippen molar-refractivity contribution >= 4 is 44.6 Å². The van der Waals surface area contributed by atoms with E-state index in [1.165, 1.54) is 16.2 Å². The van der Waals surface area contributed by atoms with Gasteiger partial charge in [0.15, 0.2) is 0 Å². The predicted octanol–water partition coefficient (Wildman–Crippen LogP) is 2.64. The Morgan fingerprint density at radius 3 is 2.89 bits per heavy atom. The molecular formula is C12H7BrN2O2S. The van der Waals surface area contributed by atoms with Gasteiger partial charge in [0.05, 0.1) is 17.8 Å². The van der Waals surface area contributed by atoms with E-state index in [4.69, 9.17) is 0 Å². The first kappa shape index (κ1) is 11.6. The summed E-state index contributed by atoms with van der Waals surface area (Å²) >= 11 is 4.85. The molecule has 1 aromatic carbocycles. The normalized spacial score (nSPS) is 14.2. The lowest BCUT2D eigenvalue weighted by Crippen LogP contribution is -2.29. The highest BCUT2D eigenvalue weighted by atomic mass is 79.9. The average Bonchev–Trinajstić information content (AvgIpc) is 2.94. The molecule has 0 radical (unpaired) electrons. The minimum absolute atomic E-state index is 0.331. The third-order valence-electron chi connectivity index (χ3n) is 2.72. The highest BCUT2D eigenvalue weighted by Gasteiger charge is 2.37. The van der Waals surface area contributed by atoms with Gasteiger partial charge >= 0.3 is 0 Å². The second-order valence-corrected chi connectivity index (χ2v) is 5.62. The summed E-state index contributed by atoms with van der Waals surface area (Å²) in [6.45, 7) is 0.331. The number of carbonyl (C=O) groups is 2. The standard InChI is InChI=1S/C12H7BrN2O2S/c13-8-3-1-2-7-10(8)15(12(17)11(7)16)6-9-14-4-5-18-9/h1-5H,6H2. The van der Waals surface area contributed by atoms with Crippen LogP contribution in [0.15, 0.2) is 34.2 Å². The molecule has 1 amide bonds. The molecule has 0 N–H and O–H groups in total. The smallest absolute Gasteiger partial charge is 0.297 e. The lowest BCUT2D eigenvalue weighted by atomic mass is 10.1. The van der Waals surface area contributed by atoms with E-state index in [2.05, 4.69) is 20.9 Å². The van der Waals surface area contributed by atoms with Crippen LogP contribution in [0, 0.1) is 0 Å². The lowest BCUT2D eigenvalue weighted by molar-refractivity contribution is -0.114. The summed E-state index contributed by atoms with van der Waals surface area (Å²) in [6.07, 6.45) is 1.68. The van der Waals surface area contributed by atoms with E-state index in [1.54, 1.807) is 18.3 Å². The number of para-hydroxylation sites is 1. The Labute approximate surface area is 115 Å². The maximum absolute atomic E-state index is 12.0. The number of halogens is 1. The molecule has 90 valence electrons. The number of hydrogen-bond donors (Lipinski definition) is 0. The van der Waals surface area contributed by atoms with E-state index < -0.39 is 11.7 Å². The van der Waals surface area contributed by atoms with Gasteiger partial charge in [-0.05, 0) is 28.1 Å². The molecule has 3 rings (SSSR count). The number of fused-ring (bicyclic) bond motifs is 1. The van der Waals surface area contributed by atoms with E-state index >= 15 is 0 Å². The molecule has 0 unspecified atom stereocenters. The number of amides is 1. The number of hydrogen-bond acceptors (Lipinski definition) is 4. The van der Waals surface area contributed by atoms with Crippen molar-refractivity contribution in [1.29, 1.82) is 0 Å². The minimum Gasteiger partial charge on any atom is -0.297 e. The first-order valence-electron chi connectivity index (χ1n) is 5.21. The Hall–Kier alpha value is -1.53. The van der Waals surface area contributed by atoms with Gasteiger partial charge in [-0.15, -0.1) is 11.3 Å². The maximum Gasteiger partial charge on any atom is 0.299 e. The van der Waals surface area contributed by atoms with Crippen molar-refractivity contribution in [1.82, 2.24) is 4.98 Å². The second kappa shape index (κ2) is 4.29. The number of thiazole rings is 1. The third-order valence-corrected chi connectivity index (χ3v) is 4.12. The zero-order valence-corrected chi connectivity index (χ0v) is 11.5. The van der Waals surface area contributed by atoms with Crippen LogP contribution in [0.5, 0.6) is 0 Å². The summed E-state index contributed by atoms with van der Waals surface area (Å²) < 4.78 is 0.746. The van der Waals surface area contributed by atoms with Crippen molar-refractivity contribution in [2.75, 3.05) is 4.90 Å². The van der Waals surface area contributed by atoms with Gasteiger partial charge in [-0.3, -0.25) is 14.5 Å². The van der Waals surface area contributed by atoms with Crippen LogP contribution < -0.4 is 4.90 Å². The molecule has 4 nitrogen and oxygen atoms in total. The minimum atomic E-state index is -0.493. The largest absolute Gasteiger partial charge is 0.299 e. The van der Waals surface area contributed by atoms with Crippen molar-refractivity contribution in [3.8, 4) is 0 Å². The fourth-order valence-corrected chi connectivity index (χ4v) is 3.11. The monoisotopic (exact) mass is 322 g/mol. The molecule has 0 bridgehead atoms. The van der Waals surface area contributed by atoms with Crippen LogP contribution in [0.25, 0.3) is 0 Å². The van der Waals surface area contributed by atoms with Gasteiger partial charge < -0.3 is 0 Å². The molecule has 0 fully saturated rings. The SMILES string of the molecule is O=C1C(=O)N(Cc2nccs2)c2c(Br)cccc21. The molecule has 1 aliphatic heterocycles. The molecule has 0 spiro atoms. The van der Waals surface area contributed by atoms with Crippen molar-refractivity contribution in [3.63, 3.8) is 0 Å². The topological polar surface area (TPSA) is 50.3 Å². The molecule has 1 aliphatic rings. The predicted molar refractivity (Wildman–Crippen MR) is 71.8 cm³/mol. The van der Waals surface area contributed by atoms with Gasteiger partial charge in [0, 0.05) is 16.0 Å². The van der Waals surface area contributed by atoms with E-state index in [0.29, 0.717) is 17.8 Å². The van der Waals surface area contributed by atoms with Crippen molar-refractivity contribution in [2.45, 2.75) is 6.54 Å². The van der Waals surface area contributed by atoms with Gasteiger partial charge in [0.1, 0.15) is 5.01 Å². The zero-order chi connectivity index (χ0) is 12.7. The first-order valence-corrected chi connectivity index (χ1v) is 6.89. The van der Waals surface area contributed by atoms with Gasteiger partial charge in [0.25, 0.3) is 11.7 Å². The van der Waals surface area contributed by atoms with E-state index in [9.17, 15) is 9.59 Å². The summed E-state index contributed by atoms with van der Waals surface area (Å²) in [5.41, 5.74) is 1.09. The number of nitrogens with zero attached hydrogens (tertiary/aromatic N) is 2. The van der Waals surface area contributed by atoms with Gasteiger partial charge in [-0.1, -0.05) is 6.07 Å². The van der Waals surface area contributed by atoms with Gasteiger partial charge in [-0.2, -0.15) is 0 Å². The molecule has 0 saturated heterocycles. The Kier molecular flexibility index (Phi) is 2.76. The molecule has 2 heterocycles. The van der Waals surface area contributed by atoms with Crippen molar-refractivity contribution in [2.24, 2.45) is 0 Å². The number of anilines is 1. The van der Waals surface area contributed by atoms with E-state index in [-0.39, 0.29) is 0 Å². The Bertz CT molecular complexity index is 640. The van der Waals surface area contributed by atoms with Gasteiger partial charge in [-0.25, -0.2) is 4.98 Å². The van der Waals surface area contributed by atoms with E-state index in [1.807, 2.05) is 11.4 Å².